The van der Waals surface area contributed by atoms with Gasteiger partial charge in [0.15, 0.2) is 23.0 Å². The fourth-order valence-electron chi connectivity index (χ4n) is 5.52. The highest BCUT2D eigenvalue weighted by atomic mass is 19.1. The van der Waals surface area contributed by atoms with Crippen LogP contribution in [0.25, 0.3) is 16.6 Å². The maximum atomic E-state index is 14.5. The molecule has 0 spiro atoms. The van der Waals surface area contributed by atoms with Crippen molar-refractivity contribution < 1.29 is 13.9 Å². The van der Waals surface area contributed by atoms with Gasteiger partial charge in [-0.3, -0.25) is 9.48 Å². The number of nitrogens with zero attached hydrogens (tertiary/aromatic N) is 7. The molecule has 4 aromatic rings. The first-order valence-electron chi connectivity index (χ1n) is 12.4. The number of carbonyl (C=O) groups excluding carboxylic acids is 1. The lowest BCUT2D eigenvalue weighted by Crippen LogP contribution is -2.41. The molecule has 11 heteroatoms. The van der Waals surface area contributed by atoms with Gasteiger partial charge in [0.2, 0.25) is 5.95 Å². The zero-order valence-electron chi connectivity index (χ0n) is 20.4. The number of ketones is 1. The van der Waals surface area contributed by atoms with E-state index >= 15 is 0 Å². The van der Waals surface area contributed by atoms with E-state index in [0.29, 0.717) is 47.0 Å². The second-order valence-corrected chi connectivity index (χ2v) is 9.90. The van der Waals surface area contributed by atoms with Crippen LogP contribution in [0.5, 0.6) is 5.75 Å². The first-order chi connectivity index (χ1) is 17.4. The number of fused-ring (bicyclic) bond motifs is 3. The number of methoxy groups -OCH3 is 1. The molecule has 1 aliphatic carbocycles. The number of benzene rings is 1. The van der Waals surface area contributed by atoms with Gasteiger partial charge in [-0.25, -0.2) is 14.4 Å². The molecule has 1 saturated heterocycles. The Bertz CT molecular complexity index is 1450. The molecule has 2 fully saturated rings. The standard InChI is InChI=1S/C25H29FN8O2/c1-14-3-4-15(12-32(14)17-11-28-33(13-17)16-5-7-18(35)8-6-16)23-30-24-19-9-20(26)22(36-2)10-21(19)29-25(27)34(24)31-23/h9-11,13-16H,3-8,12H2,1-2H3,(H2,27,29). The molecule has 1 aromatic carbocycles. The first kappa shape index (κ1) is 22.7. The van der Waals surface area contributed by atoms with Crippen LogP contribution in [0.15, 0.2) is 24.5 Å². The molecular formula is C25H29FN8O2. The molecule has 0 bridgehead atoms. The molecule has 2 N–H and O–H groups in total. The van der Waals surface area contributed by atoms with Crippen molar-refractivity contribution in [2.24, 2.45) is 0 Å². The highest BCUT2D eigenvalue weighted by molar-refractivity contribution is 5.93. The number of carbonyl (C=O) groups is 1. The zero-order valence-corrected chi connectivity index (χ0v) is 20.4. The Morgan fingerprint density at radius 1 is 1.14 bits per heavy atom. The van der Waals surface area contributed by atoms with Gasteiger partial charge >= 0.3 is 0 Å². The molecule has 1 saturated carbocycles. The minimum Gasteiger partial charge on any atom is -0.494 e. The lowest BCUT2D eigenvalue weighted by Gasteiger charge is -2.38. The predicted octanol–water partition coefficient (Wildman–Crippen LogP) is 3.66. The second kappa shape index (κ2) is 8.72. The van der Waals surface area contributed by atoms with Crippen molar-refractivity contribution in [1.82, 2.24) is 29.4 Å². The summed E-state index contributed by atoms with van der Waals surface area (Å²) in [5, 5.41) is 9.85. The fraction of sp³-hybridized carbons (Fsp3) is 0.480. The summed E-state index contributed by atoms with van der Waals surface area (Å²) in [5.74, 6) is 0.905. The van der Waals surface area contributed by atoms with E-state index in [1.54, 1.807) is 0 Å². The van der Waals surface area contributed by atoms with E-state index in [1.165, 1.54) is 23.8 Å². The zero-order chi connectivity index (χ0) is 25.0. The van der Waals surface area contributed by atoms with Crippen LogP contribution >= 0.6 is 0 Å². The van der Waals surface area contributed by atoms with Crippen molar-refractivity contribution in [2.45, 2.75) is 63.5 Å². The van der Waals surface area contributed by atoms with Crippen LogP contribution in [0.2, 0.25) is 0 Å². The summed E-state index contributed by atoms with van der Waals surface area (Å²) in [4.78, 5) is 23.2. The number of nitrogen functional groups attached to an aromatic ring is 1. The number of rotatable bonds is 4. The van der Waals surface area contributed by atoms with Crippen molar-refractivity contribution >= 4 is 34.0 Å². The number of ether oxygens (including phenoxy) is 1. The average molecular weight is 493 g/mol. The molecular weight excluding hydrogens is 463 g/mol. The molecule has 188 valence electrons. The van der Waals surface area contributed by atoms with Crippen molar-refractivity contribution in [3.8, 4) is 5.75 Å². The van der Waals surface area contributed by atoms with Crippen LogP contribution in [0.3, 0.4) is 0 Å². The molecule has 10 nitrogen and oxygen atoms in total. The van der Waals surface area contributed by atoms with Gasteiger partial charge in [0.05, 0.1) is 30.6 Å². The Balaban J connectivity index is 1.30. The molecule has 2 atom stereocenters. The molecule has 4 heterocycles. The lowest BCUT2D eigenvalue weighted by atomic mass is 9.92. The Kier molecular flexibility index (Phi) is 5.50. The van der Waals surface area contributed by atoms with Gasteiger partial charge in [-0.1, -0.05) is 0 Å². The van der Waals surface area contributed by atoms with Crippen molar-refractivity contribution in [3.63, 3.8) is 0 Å². The molecule has 2 aliphatic rings. The summed E-state index contributed by atoms with van der Waals surface area (Å²) in [6, 6.07) is 3.52. The minimum atomic E-state index is -0.486. The number of hydrogen-bond acceptors (Lipinski definition) is 8. The third-order valence-corrected chi connectivity index (χ3v) is 7.64. The molecule has 2 unspecified atom stereocenters. The maximum absolute atomic E-state index is 14.5. The van der Waals surface area contributed by atoms with E-state index in [1.807, 2.05) is 10.9 Å². The van der Waals surface area contributed by atoms with Gasteiger partial charge in [0.1, 0.15) is 5.78 Å². The number of halogens is 1. The van der Waals surface area contributed by atoms with Gasteiger partial charge in [-0.05, 0) is 38.7 Å². The van der Waals surface area contributed by atoms with Gasteiger partial charge in [-0.2, -0.15) is 9.61 Å². The summed E-state index contributed by atoms with van der Waals surface area (Å²) in [6.45, 7) is 2.95. The summed E-state index contributed by atoms with van der Waals surface area (Å²) in [7, 11) is 1.41. The Morgan fingerprint density at radius 2 is 1.94 bits per heavy atom. The van der Waals surface area contributed by atoms with Gasteiger partial charge < -0.3 is 15.4 Å². The van der Waals surface area contributed by atoms with E-state index in [0.717, 1.165) is 37.9 Å². The summed E-state index contributed by atoms with van der Waals surface area (Å²) < 4.78 is 23.1. The summed E-state index contributed by atoms with van der Waals surface area (Å²) in [5.41, 5.74) is 8.25. The molecule has 36 heavy (non-hydrogen) atoms. The third-order valence-electron chi connectivity index (χ3n) is 7.64. The second-order valence-electron chi connectivity index (χ2n) is 9.90. The lowest BCUT2D eigenvalue weighted by molar-refractivity contribution is -0.120. The van der Waals surface area contributed by atoms with Gasteiger partial charge in [-0.15, -0.1) is 5.10 Å². The third kappa shape index (κ3) is 3.82. The molecule has 3 aromatic heterocycles. The number of aromatic nitrogens is 6. The Morgan fingerprint density at radius 3 is 2.72 bits per heavy atom. The van der Waals surface area contributed by atoms with E-state index < -0.39 is 5.82 Å². The number of piperidine rings is 1. The largest absolute Gasteiger partial charge is 0.494 e. The molecule has 0 amide bonds. The number of Topliss-reactive ketones (excluding diaryl/α,β-unsaturated/α-hetero) is 1. The smallest absolute Gasteiger partial charge is 0.223 e. The van der Waals surface area contributed by atoms with Crippen molar-refractivity contribution in [1.29, 1.82) is 0 Å². The molecule has 6 rings (SSSR count). The topological polar surface area (TPSA) is 116 Å². The van der Waals surface area contributed by atoms with Gasteiger partial charge in [0.25, 0.3) is 0 Å². The van der Waals surface area contributed by atoms with Crippen LogP contribution in [0, 0.1) is 5.82 Å². The van der Waals surface area contributed by atoms with Gasteiger partial charge in [0, 0.05) is 49.0 Å². The van der Waals surface area contributed by atoms with E-state index in [4.69, 9.17) is 15.5 Å². The van der Waals surface area contributed by atoms with Crippen LogP contribution in [0.4, 0.5) is 16.0 Å². The summed E-state index contributed by atoms with van der Waals surface area (Å²) in [6.07, 6.45) is 8.87. The molecule has 1 aliphatic heterocycles. The van der Waals surface area contributed by atoms with Crippen LogP contribution < -0.4 is 15.4 Å². The van der Waals surface area contributed by atoms with Crippen LogP contribution in [-0.4, -0.2) is 54.8 Å². The number of anilines is 2. The first-order valence-corrected chi connectivity index (χ1v) is 12.4. The monoisotopic (exact) mass is 492 g/mol. The van der Waals surface area contributed by atoms with E-state index in [9.17, 15) is 9.18 Å². The highest BCUT2D eigenvalue weighted by Crippen LogP contribution is 2.35. The predicted molar refractivity (Wildman–Crippen MR) is 133 cm³/mol. The van der Waals surface area contributed by atoms with Crippen molar-refractivity contribution in [2.75, 3.05) is 24.3 Å². The average Bonchev–Trinajstić information content (AvgIpc) is 3.54. The number of hydrogen-bond donors (Lipinski definition) is 1. The van der Waals surface area contributed by atoms with E-state index in [2.05, 4.69) is 33.2 Å². The minimum absolute atomic E-state index is 0.0781. The fourth-order valence-corrected chi connectivity index (χ4v) is 5.52. The summed E-state index contributed by atoms with van der Waals surface area (Å²) >= 11 is 0. The number of nitrogens with two attached hydrogens (primary N) is 1. The van der Waals surface area contributed by atoms with E-state index in [-0.39, 0.29) is 23.7 Å². The SMILES string of the molecule is COc1cc2nc(N)n3nc(C4CCC(C)N(c5cnn(C6CCC(=O)CC6)c5)C4)nc3c2cc1F. The quantitative estimate of drug-likeness (QED) is 0.459. The van der Waals surface area contributed by atoms with Crippen LogP contribution in [-0.2, 0) is 4.79 Å². The Hall–Kier alpha value is -3.76. The van der Waals surface area contributed by atoms with Crippen molar-refractivity contribution in [3.05, 3.63) is 36.2 Å². The highest BCUT2D eigenvalue weighted by Gasteiger charge is 2.31. The normalized spacial score (nSPS) is 21.5. The van der Waals surface area contributed by atoms with Crippen LogP contribution in [0.1, 0.15) is 63.2 Å². The maximum Gasteiger partial charge on any atom is 0.223 e. The Labute approximate surface area is 207 Å². The molecule has 0 radical (unpaired) electrons.